The lowest BCUT2D eigenvalue weighted by Gasteiger charge is -2.05. The number of rotatable bonds is 1. The van der Waals surface area contributed by atoms with E-state index in [-0.39, 0.29) is 5.02 Å². The molecule has 0 saturated heterocycles. The lowest BCUT2D eigenvalue weighted by molar-refractivity contribution is 0.400. The Kier molecular flexibility index (Phi) is 2.55. The molecule has 16 heavy (non-hydrogen) atoms. The molecule has 0 fully saturated rings. The van der Waals surface area contributed by atoms with Crippen LogP contribution in [0.15, 0.2) is 12.4 Å². The molecule has 0 bridgehead atoms. The maximum Gasteiger partial charge on any atom is 0.254 e. The first kappa shape index (κ1) is 10.9. The molecule has 0 radical (unpaired) electrons. The summed E-state index contributed by atoms with van der Waals surface area (Å²) in [6.07, 6.45) is 2.07. The number of hydrogen-bond acceptors (Lipinski definition) is 2. The van der Waals surface area contributed by atoms with E-state index >= 15 is 0 Å². The van der Waals surface area contributed by atoms with E-state index in [0.29, 0.717) is 4.68 Å². The van der Waals surface area contributed by atoms with Crippen molar-refractivity contribution in [1.82, 2.24) is 14.8 Å². The Morgan fingerprint density at radius 3 is 2.06 bits per heavy atom. The molecular formula is C8H2ClF4N3. The maximum atomic E-state index is 13.2. The smallest absolute Gasteiger partial charge is 0.233 e. The van der Waals surface area contributed by atoms with Crippen LogP contribution in [0, 0.1) is 23.5 Å². The molecule has 0 aliphatic carbocycles. The zero-order chi connectivity index (χ0) is 11.9. The van der Waals surface area contributed by atoms with Crippen LogP contribution in [0.5, 0.6) is 0 Å². The van der Waals surface area contributed by atoms with Gasteiger partial charge in [0.05, 0.1) is 11.2 Å². The molecule has 0 atom stereocenters. The summed E-state index contributed by atoms with van der Waals surface area (Å²) in [6.45, 7) is 0. The van der Waals surface area contributed by atoms with Crippen molar-refractivity contribution in [3.8, 4) is 5.69 Å². The number of halogens is 5. The average Bonchev–Trinajstić information content (AvgIpc) is 2.62. The summed E-state index contributed by atoms with van der Waals surface area (Å²) in [4.78, 5) is 2.41. The quantitative estimate of drug-likeness (QED) is 0.576. The summed E-state index contributed by atoms with van der Waals surface area (Å²) in [5.41, 5.74) is -1.00. The van der Waals surface area contributed by atoms with E-state index in [9.17, 15) is 17.6 Å². The third kappa shape index (κ3) is 1.63. The Morgan fingerprint density at radius 1 is 1.06 bits per heavy atom. The number of pyridine rings is 1. The number of hydrogen-bond donors (Lipinski definition) is 0. The fourth-order valence-corrected chi connectivity index (χ4v) is 1.24. The van der Waals surface area contributed by atoms with Crippen LogP contribution in [0.3, 0.4) is 0 Å². The van der Waals surface area contributed by atoms with Crippen LogP contribution in [0.4, 0.5) is 17.6 Å². The fraction of sp³-hybridized carbons (Fsp3) is 0. The SMILES string of the molecule is Fc1nc(F)c(F)c(-n2cc(Cl)cn2)c1F. The molecule has 8 heteroatoms. The minimum absolute atomic E-state index is 0.0661. The largest absolute Gasteiger partial charge is 0.254 e. The highest BCUT2D eigenvalue weighted by atomic mass is 35.5. The molecule has 84 valence electrons. The van der Waals surface area contributed by atoms with Gasteiger partial charge in [-0.05, 0) is 0 Å². The summed E-state index contributed by atoms with van der Waals surface area (Å²) in [5, 5.41) is 3.50. The molecule has 0 unspecified atom stereocenters. The van der Waals surface area contributed by atoms with Crippen LogP contribution in [0.1, 0.15) is 0 Å². The molecule has 0 aromatic carbocycles. The summed E-state index contributed by atoms with van der Waals surface area (Å²) < 4.78 is 52.5. The zero-order valence-electron chi connectivity index (χ0n) is 7.39. The van der Waals surface area contributed by atoms with Gasteiger partial charge >= 0.3 is 0 Å². The first-order valence-electron chi connectivity index (χ1n) is 3.91. The van der Waals surface area contributed by atoms with Crippen molar-refractivity contribution in [2.45, 2.75) is 0 Å². The highest BCUT2D eigenvalue weighted by molar-refractivity contribution is 6.30. The molecule has 2 rings (SSSR count). The van der Waals surface area contributed by atoms with Gasteiger partial charge in [-0.15, -0.1) is 0 Å². The zero-order valence-corrected chi connectivity index (χ0v) is 8.14. The van der Waals surface area contributed by atoms with Crippen molar-refractivity contribution in [2.75, 3.05) is 0 Å². The summed E-state index contributed by atoms with van der Waals surface area (Å²) in [7, 11) is 0. The van der Waals surface area contributed by atoms with Gasteiger partial charge < -0.3 is 0 Å². The van der Waals surface area contributed by atoms with E-state index in [1.165, 1.54) is 0 Å². The van der Waals surface area contributed by atoms with E-state index in [1.807, 2.05) is 0 Å². The van der Waals surface area contributed by atoms with E-state index in [0.717, 1.165) is 12.4 Å². The monoisotopic (exact) mass is 251 g/mol. The fourth-order valence-electron chi connectivity index (χ4n) is 1.10. The summed E-state index contributed by atoms with van der Waals surface area (Å²) >= 11 is 5.46. The van der Waals surface area contributed by atoms with Gasteiger partial charge in [0, 0.05) is 6.20 Å². The average molecular weight is 252 g/mol. The molecule has 2 aromatic rings. The lowest BCUT2D eigenvalue weighted by atomic mass is 10.3. The summed E-state index contributed by atoms with van der Waals surface area (Å²) in [6, 6.07) is 0. The molecular weight excluding hydrogens is 250 g/mol. The molecule has 0 N–H and O–H groups in total. The Balaban J connectivity index is 2.73. The van der Waals surface area contributed by atoms with Crippen molar-refractivity contribution in [3.05, 3.63) is 40.9 Å². The standard InChI is InChI=1S/C8H2ClF4N3/c9-3-1-14-16(2-3)6-4(10)7(12)15-8(13)5(6)11/h1-2H. The molecule has 0 aliphatic heterocycles. The predicted molar refractivity (Wildman–Crippen MR) is 46.2 cm³/mol. The molecule has 0 aliphatic rings. The first-order valence-corrected chi connectivity index (χ1v) is 4.29. The van der Waals surface area contributed by atoms with E-state index in [4.69, 9.17) is 11.6 Å². The second-order valence-corrected chi connectivity index (χ2v) is 3.21. The minimum atomic E-state index is -1.75. The molecule has 0 saturated carbocycles. The first-order chi connectivity index (χ1) is 7.50. The van der Waals surface area contributed by atoms with E-state index in [1.54, 1.807) is 0 Å². The van der Waals surface area contributed by atoms with Crippen molar-refractivity contribution in [2.24, 2.45) is 0 Å². The highest BCUT2D eigenvalue weighted by Gasteiger charge is 2.22. The number of aromatic nitrogens is 3. The van der Waals surface area contributed by atoms with Gasteiger partial charge in [0.1, 0.15) is 5.69 Å². The predicted octanol–water partition coefficient (Wildman–Crippen LogP) is 2.48. The van der Waals surface area contributed by atoms with Crippen LogP contribution >= 0.6 is 11.6 Å². The van der Waals surface area contributed by atoms with Crippen LogP contribution in [-0.4, -0.2) is 14.8 Å². The van der Waals surface area contributed by atoms with Crippen molar-refractivity contribution >= 4 is 11.6 Å². The van der Waals surface area contributed by atoms with Gasteiger partial charge in [-0.1, -0.05) is 11.6 Å². The number of nitrogens with zero attached hydrogens (tertiary/aromatic N) is 3. The van der Waals surface area contributed by atoms with Crippen LogP contribution in [0.25, 0.3) is 5.69 Å². The molecule has 2 heterocycles. The van der Waals surface area contributed by atoms with Crippen LogP contribution in [-0.2, 0) is 0 Å². The van der Waals surface area contributed by atoms with Gasteiger partial charge in [-0.25, -0.2) is 4.68 Å². The van der Waals surface area contributed by atoms with Gasteiger partial charge in [0.25, 0.3) is 11.9 Å². The third-order valence-corrected chi connectivity index (χ3v) is 1.95. The highest BCUT2D eigenvalue weighted by Crippen LogP contribution is 2.21. The van der Waals surface area contributed by atoms with Crippen molar-refractivity contribution in [3.63, 3.8) is 0 Å². The van der Waals surface area contributed by atoms with E-state index < -0.39 is 29.2 Å². The van der Waals surface area contributed by atoms with Gasteiger partial charge in [0.15, 0.2) is 0 Å². The molecule has 0 amide bonds. The van der Waals surface area contributed by atoms with Crippen LogP contribution in [0.2, 0.25) is 5.02 Å². The van der Waals surface area contributed by atoms with Gasteiger partial charge in [-0.3, -0.25) is 0 Å². The second-order valence-electron chi connectivity index (χ2n) is 2.77. The third-order valence-electron chi connectivity index (χ3n) is 1.75. The Morgan fingerprint density at radius 2 is 1.62 bits per heavy atom. The van der Waals surface area contributed by atoms with E-state index in [2.05, 4.69) is 10.1 Å². The Hall–Kier alpha value is -1.63. The molecule has 3 nitrogen and oxygen atoms in total. The maximum absolute atomic E-state index is 13.2. The van der Waals surface area contributed by atoms with Gasteiger partial charge in [-0.2, -0.15) is 27.6 Å². The van der Waals surface area contributed by atoms with Crippen molar-refractivity contribution in [1.29, 1.82) is 0 Å². The van der Waals surface area contributed by atoms with Gasteiger partial charge in [0.2, 0.25) is 11.6 Å². The Labute approximate surface area is 91.3 Å². The minimum Gasteiger partial charge on any atom is -0.233 e. The van der Waals surface area contributed by atoms with Crippen LogP contribution < -0.4 is 0 Å². The lowest BCUT2D eigenvalue weighted by Crippen LogP contribution is -2.09. The summed E-state index contributed by atoms with van der Waals surface area (Å²) in [5.74, 6) is -6.78. The van der Waals surface area contributed by atoms with Crippen molar-refractivity contribution < 1.29 is 17.6 Å². The second kappa shape index (κ2) is 3.75. The Bertz CT molecular complexity index is 528. The topological polar surface area (TPSA) is 30.7 Å². The molecule has 2 aromatic heterocycles. The normalized spacial score (nSPS) is 10.8. The molecule has 0 spiro atoms.